The van der Waals surface area contributed by atoms with E-state index >= 15 is 0 Å². The Morgan fingerprint density at radius 3 is 1.92 bits per heavy atom. The van der Waals surface area contributed by atoms with Crippen LogP contribution >= 0.6 is 0 Å². The van der Waals surface area contributed by atoms with Crippen molar-refractivity contribution in [3.05, 3.63) is 13.0 Å². The molecule has 0 N–H and O–H groups in total. The van der Waals surface area contributed by atoms with Crippen molar-refractivity contribution in [2.24, 2.45) is 0 Å². The summed E-state index contributed by atoms with van der Waals surface area (Å²) in [6.07, 6.45) is 0.731. The molecule has 0 aromatic rings. The monoisotopic (exact) mass is 282 g/mol. The molecule has 0 heterocycles. The molecule has 0 spiro atoms. The maximum absolute atomic E-state index is 10.4. The van der Waals surface area contributed by atoms with Gasteiger partial charge in [0.25, 0.3) is 0 Å². The summed E-state index contributed by atoms with van der Waals surface area (Å²) in [5.41, 5.74) is 0. The Bertz CT molecular complexity index is 89.1. The predicted octanol–water partition coefficient (Wildman–Crippen LogP) is -0.401. The molecule has 4 heteroatoms. The van der Waals surface area contributed by atoms with Crippen LogP contribution in [-0.4, -0.2) is 5.97 Å². The van der Waals surface area contributed by atoms with Crippen molar-refractivity contribution in [1.29, 1.82) is 0 Å². The Morgan fingerprint density at radius 1 is 1.50 bits per heavy atom. The van der Waals surface area contributed by atoms with Crippen molar-refractivity contribution in [3.8, 4) is 0 Å². The summed E-state index contributed by atoms with van der Waals surface area (Å²) < 4.78 is 4.18. The van der Waals surface area contributed by atoms with Gasteiger partial charge in [-0.1, -0.05) is 21.8 Å². The van der Waals surface area contributed by atoms with Gasteiger partial charge in [0.1, 0.15) is 5.97 Å². The second-order valence-electron chi connectivity index (χ2n) is 1.57. The average molecular weight is 283 g/mol. The zero-order valence-corrected chi connectivity index (χ0v) is 13.0. The Hall–Kier alpha value is 1.73. The topological polar surface area (TPSA) is 26.3 Å². The van der Waals surface area contributed by atoms with Gasteiger partial charge in [0.2, 0.25) is 0 Å². The molecule has 0 aliphatic rings. The molecule has 0 saturated heterocycles. The van der Waals surface area contributed by atoms with Gasteiger partial charge < -0.3 is 4.74 Å². The molecule has 0 rings (SSSR count). The van der Waals surface area contributed by atoms with E-state index in [1.54, 1.807) is 6.92 Å². The number of carbonyl (C=O) groups is 1. The first kappa shape index (κ1) is 29.2. The SMILES string of the molecule is C.C.[CH2-]OC(=O)[C-](C)CC.[Rb+].[V]. The molecule has 12 heavy (non-hydrogen) atoms. The molecule has 0 amide bonds. The fourth-order valence-corrected chi connectivity index (χ4v) is 0.268. The normalized spacial score (nSPS) is 5.58. The van der Waals surface area contributed by atoms with E-state index in [0.717, 1.165) is 6.42 Å². The first-order valence-corrected chi connectivity index (χ1v) is 2.51. The van der Waals surface area contributed by atoms with E-state index in [1.165, 1.54) is 0 Å². The molecular weight excluding hydrogens is 264 g/mol. The molecule has 0 unspecified atom stereocenters. The summed E-state index contributed by atoms with van der Waals surface area (Å²) in [5, 5.41) is 0. The molecule has 1 radical (unpaired) electrons. The third-order valence-corrected chi connectivity index (χ3v) is 1.01. The number of hydrogen-bond acceptors (Lipinski definition) is 2. The molecular formula is C8H18O2RbV-. The van der Waals surface area contributed by atoms with Crippen LogP contribution in [-0.2, 0) is 28.1 Å². The van der Waals surface area contributed by atoms with Crippen LogP contribution in [0.25, 0.3) is 0 Å². The molecule has 0 atom stereocenters. The summed E-state index contributed by atoms with van der Waals surface area (Å²) in [6.45, 7) is 3.62. The third kappa shape index (κ3) is 14.3. The van der Waals surface area contributed by atoms with Crippen molar-refractivity contribution in [1.82, 2.24) is 0 Å². The largest absolute Gasteiger partial charge is 1.00 e. The van der Waals surface area contributed by atoms with Crippen LogP contribution in [0.4, 0.5) is 0 Å². The minimum atomic E-state index is -0.312. The molecule has 0 saturated carbocycles. The van der Waals surface area contributed by atoms with Gasteiger partial charge >= 0.3 is 58.2 Å². The Labute approximate surface area is 138 Å². The fourth-order valence-electron chi connectivity index (χ4n) is 0.268. The van der Waals surface area contributed by atoms with Gasteiger partial charge in [-0.2, -0.15) is 20.5 Å². The summed E-state index contributed by atoms with van der Waals surface area (Å²) in [7, 11) is 2.98. The van der Waals surface area contributed by atoms with Crippen molar-refractivity contribution in [3.63, 3.8) is 0 Å². The van der Waals surface area contributed by atoms with Gasteiger partial charge in [-0.15, -0.1) is 0 Å². The van der Waals surface area contributed by atoms with Crippen LogP contribution in [0.3, 0.4) is 0 Å². The molecule has 0 fully saturated rings. The van der Waals surface area contributed by atoms with E-state index < -0.39 is 0 Å². The summed E-state index contributed by atoms with van der Waals surface area (Å²) in [4.78, 5) is 10.4. The Morgan fingerprint density at radius 2 is 1.83 bits per heavy atom. The minimum Gasteiger partial charge on any atom is -0.662 e. The summed E-state index contributed by atoms with van der Waals surface area (Å²) in [5.74, 6) is 0.396. The number of ether oxygens (including phenoxy) is 1. The summed E-state index contributed by atoms with van der Waals surface area (Å²) >= 11 is 0. The van der Waals surface area contributed by atoms with Gasteiger partial charge in [0.15, 0.2) is 0 Å². The zero-order valence-electron chi connectivity index (χ0n) is 6.68. The van der Waals surface area contributed by atoms with Gasteiger partial charge in [0.05, 0.1) is 0 Å². The van der Waals surface area contributed by atoms with E-state index in [9.17, 15) is 4.79 Å². The molecule has 2 nitrogen and oxygen atoms in total. The number of hydrogen-bond donors (Lipinski definition) is 0. The molecule has 0 aliphatic heterocycles. The first-order valence-electron chi connectivity index (χ1n) is 2.51. The molecule has 69 valence electrons. The van der Waals surface area contributed by atoms with Crippen molar-refractivity contribution < 1.29 is 86.3 Å². The standard InChI is InChI=1S/C6H10O2.2CH4.Rb.V/c1-4-5(2)6(7)8-3;;;;/h3-4H2,1-2H3;2*1H4;;/q-2;;;+1;. The third-order valence-electron chi connectivity index (χ3n) is 1.01. The molecule has 0 aliphatic carbocycles. The van der Waals surface area contributed by atoms with Crippen LogP contribution in [0.2, 0.25) is 0 Å². The minimum absolute atomic E-state index is 0. The predicted molar refractivity (Wildman–Crippen MR) is 44.1 cm³/mol. The second kappa shape index (κ2) is 18.5. The number of carbonyl (C=O) groups excluding carboxylic acids is 1. The maximum Gasteiger partial charge on any atom is 1.00 e. The van der Waals surface area contributed by atoms with E-state index in [2.05, 4.69) is 11.8 Å². The number of rotatable bonds is 2. The molecule has 0 aromatic carbocycles. The summed E-state index contributed by atoms with van der Waals surface area (Å²) in [6, 6.07) is 0. The second-order valence-corrected chi connectivity index (χ2v) is 1.57. The molecule has 0 aromatic heterocycles. The van der Waals surface area contributed by atoms with Gasteiger partial charge in [-0.25, -0.2) is 0 Å². The first-order chi connectivity index (χ1) is 3.72. The number of esters is 1. The fraction of sp³-hybridized carbons (Fsp3) is 0.625. The quantitative estimate of drug-likeness (QED) is 0.509. The van der Waals surface area contributed by atoms with Crippen molar-refractivity contribution in [2.75, 3.05) is 0 Å². The van der Waals surface area contributed by atoms with Crippen LogP contribution in [0, 0.1) is 13.0 Å². The van der Waals surface area contributed by atoms with Crippen molar-refractivity contribution in [2.45, 2.75) is 35.1 Å². The zero-order chi connectivity index (χ0) is 6.57. The average Bonchev–Trinajstić information content (AvgIpc) is 1.84. The van der Waals surface area contributed by atoms with Crippen LogP contribution in [0.1, 0.15) is 35.1 Å². The van der Waals surface area contributed by atoms with Gasteiger partial charge in [0, 0.05) is 18.6 Å². The van der Waals surface area contributed by atoms with Gasteiger partial charge in [-0.3, -0.25) is 10.7 Å². The van der Waals surface area contributed by atoms with Crippen LogP contribution in [0.15, 0.2) is 0 Å². The Kier molecular flexibility index (Phi) is 45.0. The van der Waals surface area contributed by atoms with E-state index in [4.69, 9.17) is 0 Å². The van der Waals surface area contributed by atoms with E-state index in [0.29, 0.717) is 5.92 Å². The van der Waals surface area contributed by atoms with E-state index in [1.807, 2.05) is 6.92 Å². The van der Waals surface area contributed by atoms with E-state index in [-0.39, 0.29) is 97.6 Å². The van der Waals surface area contributed by atoms with Crippen LogP contribution < -0.4 is 58.2 Å². The van der Waals surface area contributed by atoms with Gasteiger partial charge in [-0.05, 0) is 0 Å². The maximum atomic E-state index is 10.4. The van der Waals surface area contributed by atoms with Crippen LogP contribution in [0.5, 0.6) is 0 Å². The molecule has 0 bridgehead atoms. The smallest absolute Gasteiger partial charge is 0.662 e. The van der Waals surface area contributed by atoms with Crippen molar-refractivity contribution >= 4 is 5.97 Å². The Balaban J connectivity index is -0.0000000408.